The van der Waals surface area contributed by atoms with Gasteiger partial charge < -0.3 is 20.1 Å². The molecule has 180 valence electrons. The lowest BCUT2D eigenvalue weighted by Crippen LogP contribution is -2.48. The van der Waals surface area contributed by atoms with Crippen molar-refractivity contribution in [3.8, 4) is 0 Å². The third-order valence-corrected chi connectivity index (χ3v) is 6.26. The molecule has 0 amide bonds. The fourth-order valence-electron chi connectivity index (χ4n) is 4.02. The molecule has 0 aliphatic heterocycles. The molecule has 3 atom stereocenters. The van der Waals surface area contributed by atoms with Gasteiger partial charge in [-0.1, -0.05) is 30.3 Å². The van der Waals surface area contributed by atoms with E-state index in [1.165, 1.54) is 12.5 Å². The first-order chi connectivity index (χ1) is 16.1. The highest BCUT2D eigenvalue weighted by atomic mass is 32.2. The number of nitrogens with two attached hydrogens (primary N) is 1. The lowest BCUT2D eigenvalue weighted by atomic mass is 10.0. The molecule has 0 unspecified atom stereocenters. The third-order valence-electron chi connectivity index (χ3n) is 5.79. The monoisotopic (exact) mass is 487 g/mol. The van der Waals surface area contributed by atoms with E-state index < -0.39 is 28.1 Å². The molecule has 1 fully saturated rings. The van der Waals surface area contributed by atoms with Gasteiger partial charge in [-0.15, -0.1) is 0 Å². The molecule has 34 heavy (non-hydrogen) atoms. The number of rotatable bonds is 9. The number of aliphatic hydroxyl groups is 2. The molecule has 1 aliphatic carbocycles. The Morgan fingerprint density at radius 1 is 1.29 bits per heavy atom. The van der Waals surface area contributed by atoms with E-state index in [0.717, 1.165) is 5.56 Å². The van der Waals surface area contributed by atoms with Crippen LogP contribution >= 0.6 is 0 Å². The van der Waals surface area contributed by atoms with Crippen LogP contribution in [0.25, 0.3) is 0 Å². The summed E-state index contributed by atoms with van der Waals surface area (Å²) in [4.78, 5) is 21.2. The van der Waals surface area contributed by atoms with Crippen molar-refractivity contribution in [3.05, 3.63) is 78.0 Å². The van der Waals surface area contributed by atoms with E-state index in [9.17, 15) is 23.4 Å². The summed E-state index contributed by atoms with van der Waals surface area (Å²) in [7, 11) is -4.18. The molecular weight excluding hydrogens is 462 g/mol. The Hall–Kier alpha value is -3.16. The highest BCUT2D eigenvalue weighted by molar-refractivity contribution is 7.84. The van der Waals surface area contributed by atoms with Crippen LogP contribution in [0.5, 0.6) is 0 Å². The van der Waals surface area contributed by atoms with E-state index in [2.05, 4.69) is 19.5 Å². The minimum atomic E-state index is -4.18. The minimum absolute atomic E-state index is 0.0466. The van der Waals surface area contributed by atoms with Gasteiger partial charge in [0.25, 0.3) is 0 Å². The average molecular weight is 488 g/mol. The predicted octanol–water partition coefficient (Wildman–Crippen LogP) is 0.649. The normalized spacial score (nSPS) is 22.6. The number of hydrogen-bond acceptors (Lipinski definition) is 9. The van der Waals surface area contributed by atoms with Crippen molar-refractivity contribution in [2.45, 2.75) is 31.2 Å². The lowest BCUT2D eigenvalue weighted by molar-refractivity contribution is -0.0527. The Bertz CT molecular complexity index is 1270. The Kier molecular flexibility index (Phi) is 6.77. The van der Waals surface area contributed by atoms with Crippen LogP contribution in [0.1, 0.15) is 34.3 Å². The summed E-state index contributed by atoms with van der Waals surface area (Å²) in [6.45, 7) is 0.215. The number of ketones is 1. The molecule has 2 aromatic heterocycles. The zero-order valence-electron chi connectivity index (χ0n) is 18.1. The molecule has 0 radical (unpaired) electrons. The molecule has 4 rings (SSSR count). The van der Waals surface area contributed by atoms with Crippen LogP contribution in [-0.4, -0.2) is 57.4 Å². The Balaban J connectivity index is 1.49. The van der Waals surface area contributed by atoms with Crippen LogP contribution in [0.15, 0.2) is 61.3 Å². The standard InChI is InChI=1S/C22H25N5O6S/c23-34(31,32)33-13-17-6-8-22(30,20(17)29)26-21-18(10-24-14-25-21)19(28)16-7-9-27(12-16)11-15-4-2-1-3-5-15/h1-5,7,9-10,12,14,17,20,29-30H,6,8,11,13H2,(H2,23,31,32)(H,24,25,26)/t17-,20-,22+/m1/s1. The number of aliphatic hydroxyl groups excluding tert-OH is 1. The SMILES string of the molecule is NS(=O)(=O)OC[C@H]1CC[C@@](O)(Nc2ncncc2C(=O)c2ccn(Cc3ccccc3)c2)[C@@H]1O. The van der Waals surface area contributed by atoms with E-state index in [0.29, 0.717) is 12.1 Å². The van der Waals surface area contributed by atoms with Crippen molar-refractivity contribution in [2.24, 2.45) is 11.1 Å². The second kappa shape index (κ2) is 9.60. The van der Waals surface area contributed by atoms with Crippen LogP contribution in [0.4, 0.5) is 5.82 Å². The van der Waals surface area contributed by atoms with Crippen molar-refractivity contribution in [2.75, 3.05) is 11.9 Å². The number of nitrogens with one attached hydrogen (secondary N) is 1. The summed E-state index contributed by atoms with van der Waals surface area (Å²) in [5, 5.41) is 29.2. The van der Waals surface area contributed by atoms with Gasteiger partial charge in [0.05, 0.1) is 12.2 Å². The summed E-state index contributed by atoms with van der Waals surface area (Å²) in [5.41, 5.74) is -0.243. The number of anilines is 1. The fourth-order valence-corrected chi connectivity index (χ4v) is 4.38. The van der Waals surface area contributed by atoms with Gasteiger partial charge in [-0.3, -0.25) is 8.98 Å². The molecule has 0 bridgehead atoms. The first-order valence-corrected chi connectivity index (χ1v) is 12.0. The lowest BCUT2D eigenvalue weighted by Gasteiger charge is -2.30. The molecule has 1 saturated carbocycles. The highest BCUT2D eigenvalue weighted by Gasteiger charge is 2.47. The van der Waals surface area contributed by atoms with Crippen LogP contribution < -0.4 is 10.5 Å². The molecule has 3 aromatic rings. The average Bonchev–Trinajstić information content (AvgIpc) is 3.37. The molecule has 0 saturated heterocycles. The molecule has 11 nitrogen and oxygen atoms in total. The van der Waals surface area contributed by atoms with E-state index in [-0.39, 0.29) is 36.6 Å². The molecule has 5 N–H and O–H groups in total. The topological polar surface area (TPSA) is 170 Å². The van der Waals surface area contributed by atoms with Crippen LogP contribution in [0.3, 0.4) is 0 Å². The van der Waals surface area contributed by atoms with Crippen molar-refractivity contribution in [1.82, 2.24) is 14.5 Å². The zero-order chi connectivity index (χ0) is 24.3. The van der Waals surface area contributed by atoms with Gasteiger partial charge in [-0.05, 0) is 24.5 Å². The largest absolute Gasteiger partial charge is 0.388 e. The third kappa shape index (κ3) is 5.48. The second-order valence-corrected chi connectivity index (χ2v) is 9.46. The number of nitrogens with zero attached hydrogens (tertiary/aromatic N) is 3. The van der Waals surface area contributed by atoms with Gasteiger partial charge in [0.1, 0.15) is 18.2 Å². The quantitative estimate of drug-likeness (QED) is 0.250. The van der Waals surface area contributed by atoms with Gasteiger partial charge in [-0.25, -0.2) is 15.1 Å². The molecule has 0 spiro atoms. The number of carbonyl (C=O) groups excluding carboxylic acids is 1. The molecule has 1 aromatic carbocycles. The number of benzene rings is 1. The van der Waals surface area contributed by atoms with Crippen molar-refractivity contribution in [3.63, 3.8) is 0 Å². The van der Waals surface area contributed by atoms with Crippen molar-refractivity contribution >= 4 is 21.9 Å². The van der Waals surface area contributed by atoms with Gasteiger partial charge >= 0.3 is 10.3 Å². The molecule has 1 aliphatic rings. The van der Waals surface area contributed by atoms with Crippen LogP contribution in [0.2, 0.25) is 0 Å². The maximum Gasteiger partial charge on any atom is 0.333 e. The number of carbonyl (C=O) groups is 1. The number of aromatic nitrogens is 3. The maximum absolute atomic E-state index is 13.2. The van der Waals surface area contributed by atoms with Gasteiger partial charge in [-0.2, -0.15) is 8.42 Å². The van der Waals surface area contributed by atoms with E-state index >= 15 is 0 Å². The Morgan fingerprint density at radius 2 is 2.06 bits per heavy atom. The smallest absolute Gasteiger partial charge is 0.333 e. The van der Waals surface area contributed by atoms with Gasteiger partial charge in [0.15, 0.2) is 11.5 Å². The summed E-state index contributed by atoms with van der Waals surface area (Å²) in [5.74, 6) is -1.01. The first-order valence-electron chi connectivity index (χ1n) is 10.5. The summed E-state index contributed by atoms with van der Waals surface area (Å²) in [6, 6.07) is 11.5. The maximum atomic E-state index is 13.2. The molecule has 2 heterocycles. The van der Waals surface area contributed by atoms with Gasteiger partial charge in [0, 0.05) is 36.6 Å². The predicted molar refractivity (Wildman–Crippen MR) is 122 cm³/mol. The van der Waals surface area contributed by atoms with E-state index in [1.54, 1.807) is 18.5 Å². The van der Waals surface area contributed by atoms with Gasteiger partial charge in [0.2, 0.25) is 0 Å². The van der Waals surface area contributed by atoms with E-state index in [1.807, 2.05) is 34.9 Å². The van der Waals surface area contributed by atoms with Crippen molar-refractivity contribution < 1.29 is 27.6 Å². The Morgan fingerprint density at radius 3 is 2.79 bits per heavy atom. The zero-order valence-corrected chi connectivity index (χ0v) is 18.9. The second-order valence-electron chi connectivity index (χ2n) is 8.24. The summed E-state index contributed by atoms with van der Waals surface area (Å²) >= 11 is 0. The molecule has 12 heteroatoms. The number of hydrogen-bond donors (Lipinski definition) is 4. The highest BCUT2D eigenvalue weighted by Crippen LogP contribution is 2.36. The van der Waals surface area contributed by atoms with Crippen molar-refractivity contribution in [1.29, 1.82) is 0 Å². The fraction of sp³-hybridized carbons (Fsp3) is 0.318. The first kappa shape index (κ1) is 24.0. The minimum Gasteiger partial charge on any atom is -0.388 e. The summed E-state index contributed by atoms with van der Waals surface area (Å²) in [6.07, 6.45) is 4.99. The Labute approximate surface area is 196 Å². The molecular formula is C22H25N5O6S. The van der Waals surface area contributed by atoms with Crippen LogP contribution in [0, 0.1) is 5.92 Å². The summed E-state index contributed by atoms with van der Waals surface area (Å²) < 4.78 is 28.5. The van der Waals surface area contributed by atoms with Crippen LogP contribution in [-0.2, 0) is 21.0 Å². The van der Waals surface area contributed by atoms with E-state index in [4.69, 9.17) is 5.14 Å².